The molecule has 1 N–H and O–H groups in total. The molecule has 0 unspecified atom stereocenters. The summed E-state index contributed by atoms with van der Waals surface area (Å²) in [6, 6.07) is 18.1. The van der Waals surface area contributed by atoms with Crippen LogP contribution in [0.4, 0.5) is 13.2 Å². The molecule has 7 nitrogen and oxygen atoms in total. The second-order valence-corrected chi connectivity index (χ2v) is 7.74. The van der Waals surface area contributed by atoms with E-state index in [1.54, 1.807) is 48.9 Å². The molecule has 0 aliphatic carbocycles. The Morgan fingerprint density at radius 3 is 2.41 bits per heavy atom. The van der Waals surface area contributed by atoms with Crippen LogP contribution in [-0.2, 0) is 11.3 Å². The van der Waals surface area contributed by atoms with Gasteiger partial charge in [0.1, 0.15) is 13.1 Å². The summed E-state index contributed by atoms with van der Waals surface area (Å²) in [5, 5.41) is 1.81. The van der Waals surface area contributed by atoms with Crippen LogP contribution in [0, 0.1) is 0 Å². The van der Waals surface area contributed by atoms with Crippen molar-refractivity contribution >= 4 is 22.5 Å². The van der Waals surface area contributed by atoms with Crippen molar-refractivity contribution in [2.45, 2.75) is 12.7 Å². The van der Waals surface area contributed by atoms with Crippen LogP contribution < -0.4 is 11.0 Å². The van der Waals surface area contributed by atoms with Gasteiger partial charge in [0.05, 0.1) is 34.8 Å². The number of halogens is 3. The lowest BCUT2D eigenvalue weighted by Crippen LogP contribution is -2.37. The van der Waals surface area contributed by atoms with Crippen LogP contribution in [0.3, 0.4) is 0 Å². The van der Waals surface area contributed by atoms with Crippen molar-refractivity contribution in [1.29, 1.82) is 0 Å². The molecule has 0 spiro atoms. The van der Waals surface area contributed by atoms with Gasteiger partial charge >= 0.3 is 11.9 Å². The van der Waals surface area contributed by atoms with Gasteiger partial charge in [0, 0.05) is 11.8 Å². The number of carbonyl (C=O) groups is 1. The summed E-state index contributed by atoms with van der Waals surface area (Å²) in [5.74, 6) is -0.897. The van der Waals surface area contributed by atoms with E-state index in [-0.39, 0.29) is 0 Å². The topological polar surface area (TPSA) is 73.3 Å². The molecule has 0 radical (unpaired) electrons. The van der Waals surface area contributed by atoms with Crippen LogP contribution >= 0.6 is 0 Å². The van der Waals surface area contributed by atoms with Gasteiger partial charge in [0.15, 0.2) is 0 Å². The van der Waals surface area contributed by atoms with E-state index in [1.807, 2.05) is 40.2 Å². The SMILES string of the molecule is O=C(Cn1c(=O)n(-c2ccc(-c3cccn4cncc34)cc2)c2ccccc21)NCC(F)(F)F. The van der Waals surface area contributed by atoms with E-state index >= 15 is 0 Å². The van der Waals surface area contributed by atoms with Crippen molar-refractivity contribution in [1.82, 2.24) is 23.8 Å². The maximum atomic E-state index is 13.2. The van der Waals surface area contributed by atoms with Crippen LogP contribution in [0.15, 0.2) is 84.2 Å². The molecule has 0 fully saturated rings. The zero-order chi connectivity index (χ0) is 23.9. The molecule has 0 aliphatic heterocycles. The summed E-state index contributed by atoms with van der Waals surface area (Å²) >= 11 is 0. The van der Waals surface area contributed by atoms with E-state index in [1.165, 1.54) is 9.13 Å². The Hall–Kier alpha value is -4.34. The summed E-state index contributed by atoms with van der Waals surface area (Å²) in [6.07, 6.45) is 0.856. The highest BCUT2D eigenvalue weighted by atomic mass is 19.4. The molecule has 3 aromatic heterocycles. The first kappa shape index (κ1) is 21.5. The van der Waals surface area contributed by atoms with Gasteiger partial charge in [-0.05, 0) is 35.9 Å². The van der Waals surface area contributed by atoms with E-state index in [9.17, 15) is 22.8 Å². The summed E-state index contributed by atoms with van der Waals surface area (Å²) in [6.45, 7) is -1.98. The monoisotopic (exact) mass is 465 g/mol. The number of hydrogen-bond donors (Lipinski definition) is 1. The Kier molecular flexibility index (Phi) is 5.20. The fourth-order valence-corrected chi connectivity index (χ4v) is 3.99. The zero-order valence-electron chi connectivity index (χ0n) is 17.7. The molecule has 2 aromatic carbocycles. The van der Waals surface area contributed by atoms with Crippen molar-refractivity contribution in [3.63, 3.8) is 0 Å². The summed E-state index contributed by atoms with van der Waals surface area (Å²) in [5.41, 5.74) is 3.88. The van der Waals surface area contributed by atoms with E-state index < -0.39 is 30.9 Å². The fraction of sp³-hybridized carbons (Fsp3) is 0.125. The maximum Gasteiger partial charge on any atom is 0.405 e. The molecule has 5 aromatic rings. The third-order valence-corrected chi connectivity index (χ3v) is 5.51. The number of rotatable bonds is 5. The fourth-order valence-electron chi connectivity index (χ4n) is 3.99. The summed E-state index contributed by atoms with van der Waals surface area (Å²) in [7, 11) is 0. The number of para-hydroxylation sites is 2. The smallest absolute Gasteiger partial charge is 0.345 e. The second-order valence-electron chi connectivity index (χ2n) is 7.74. The number of fused-ring (bicyclic) bond motifs is 2. The van der Waals surface area contributed by atoms with E-state index in [4.69, 9.17) is 0 Å². The number of carbonyl (C=O) groups excluding carboxylic acids is 1. The van der Waals surface area contributed by atoms with Gasteiger partial charge in [-0.1, -0.05) is 30.3 Å². The van der Waals surface area contributed by atoms with Gasteiger partial charge in [-0.25, -0.2) is 9.78 Å². The van der Waals surface area contributed by atoms with Crippen LogP contribution in [-0.4, -0.2) is 37.1 Å². The van der Waals surface area contributed by atoms with Crippen molar-refractivity contribution in [2.24, 2.45) is 0 Å². The predicted molar refractivity (Wildman–Crippen MR) is 121 cm³/mol. The number of imidazole rings is 2. The molecule has 0 aliphatic rings. The number of nitrogens with zero attached hydrogens (tertiary/aromatic N) is 4. The van der Waals surface area contributed by atoms with Gasteiger partial charge in [-0.3, -0.25) is 13.9 Å². The number of nitrogens with one attached hydrogen (secondary N) is 1. The highest BCUT2D eigenvalue weighted by Crippen LogP contribution is 2.26. The van der Waals surface area contributed by atoms with E-state index in [0.717, 1.165) is 16.6 Å². The minimum Gasteiger partial charge on any atom is -0.345 e. The second kappa shape index (κ2) is 8.22. The minimum atomic E-state index is -4.53. The summed E-state index contributed by atoms with van der Waals surface area (Å²) in [4.78, 5) is 29.5. The maximum absolute atomic E-state index is 13.2. The molecular formula is C24H18F3N5O2. The van der Waals surface area contributed by atoms with Gasteiger partial charge < -0.3 is 9.72 Å². The van der Waals surface area contributed by atoms with Crippen molar-refractivity contribution in [3.8, 4) is 16.8 Å². The van der Waals surface area contributed by atoms with E-state index in [0.29, 0.717) is 16.7 Å². The Bertz CT molecular complexity index is 1560. The van der Waals surface area contributed by atoms with Crippen LogP contribution in [0.2, 0.25) is 0 Å². The van der Waals surface area contributed by atoms with Gasteiger partial charge in [0.2, 0.25) is 5.91 Å². The first-order valence-electron chi connectivity index (χ1n) is 10.4. The Morgan fingerprint density at radius 2 is 1.68 bits per heavy atom. The highest BCUT2D eigenvalue weighted by Gasteiger charge is 2.28. The standard InChI is InChI=1S/C24H18F3N5O2/c25-24(26,27)14-29-22(33)13-31-19-5-1-2-6-20(19)32(23(31)34)17-9-7-16(8-10-17)18-4-3-11-30-15-28-12-21(18)30/h1-12,15H,13-14H2,(H,29,33). The first-order valence-corrected chi connectivity index (χ1v) is 10.4. The average molecular weight is 465 g/mol. The molecule has 3 heterocycles. The molecule has 10 heteroatoms. The minimum absolute atomic E-state index is 0.447. The molecule has 172 valence electrons. The Balaban J connectivity index is 1.52. The predicted octanol–water partition coefficient (Wildman–Crippen LogP) is 3.79. The highest BCUT2D eigenvalue weighted by molar-refractivity contribution is 5.83. The molecule has 0 bridgehead atoms. The van der Waals surface area contributed by atoms with Crippen LogP contribution in [0.1, 0.15) is 0 Å². The summed E-state index contributed by atoms with van der Waals surface area (Å²) < 4.78 is 41.8. The van der Waals surface area contributed by atoms with Crippen LogP contribution in [0.5, 0.6) is 0 Å². The van der Waals surface area contributed by atoms with Crippen molar-refractivity contribution in [3.05, 3.63) is 89.9 Å². The number of aromatic nitrogens is 4. The lowest BCUT2D eigenvalue weighted by atomic mass is 10.1. The Labute approximate surface area is 190 Å². The van der Waals surface area contributed by atoms with Crippen molar-refractivity contribution in [2.75, 3.05) is 6.54 Å². The third-order valence-electron chi connectivity index (χ3n) is 5.51. The molecule has 0 atom stereocenters. The number of alkyl halides is 3. The lowest BCUT2D eigenvalue weighted by Gasteiger charge is -2.09. The number of amides is 1. The number of hydrogen-bond acceptors (Lipinski definition) is 3. The molecule has 1 amide bonds. The normalized spacial score (nSPS) is 11.9. The van der Waals surface area contributed by atoms with Crippen LogP contribution in [0.25, 0.3) is 33.4 Å². The molecule has 5 rings (SSSR count). The Morgan fingerprint density at radius 1 is 0.941 bits per heavy atom. The van der Waals surface area contributed by atoms with Gasteiger partial charge in [-0.15, -0.1) is 0 Å². The lowest BCUT2D eigenvalue weighted by molar-refractivity contribution is -0.138. The zero-order valence-corrected chi connectivity index (χ0v) is 17.7. The first-order chi connectivity index (χ1) is 16.3. The molecule has 34 heavy (non-hydrogen) atoms. The van der Waals surface area contributed by atoms with Crippen molar-refractivity contribution < 1.29 is 18.0 Å². The van der Waals surface area contributed by atoms with Gasteiger partial charge in [0.25, 0.3) is 0 Å². The molecule has 0 saturated heterocycles. The average Bonchev–Trinajstić information content (AvgIpc) is 3.40. The van der Waals surface area contributed by atoms with Gasteiger partial charge in [-0.2, -0.15) is 13.2 Å². The number of benzene rings is 2. The third kappa shape index (κ3) is 3.94. The number of pyridine rings is 1. The largest absolute Gasteiger partial charge is 0.405 e. The molecule has 0 saturated carbocycles. The van der Waals surface area contributed by atoms with E-state index in [2.05, 4.69) is 4.98 Å². The molecular weight excluding hydrogens is 447 g/mol. The quantitative estimate of drug-likeness (QED) is 0.429.